The topological polar surface area (TPSA) is 0 Å². The third-order valence-corrected chi connectivity index (χ3v) is 0.984. The Balaban J connectivity index is 3.58. The first-order valence-electron chi connectivity index (χ1n) is 3.03. The molecule has 0 rings (SSSR count). The highest BCUT2D eigenvalue weighted by atomic mass is 19.1. The Kier molecular flexibility index (Phi) is 4.91. The Morgan fingerprint density at radius 1 is 1.78 bits per heavy atom. The molecule has 0 saturated carbocycles. The van der Waals surface area contributed by atoms with Crippen molar-refractivity contribution in [1.82, 2.24) is 0 Å². The Hall–Kier alpha value is -0.770. The molecule has 0 aliphatic carbocycles. The fraction of sp³-hybridized carbons (Fsp3) is 0.500. The van der Waals surface area contributed by atoms with Crippen LogP contribution in [-0.4, -0.2) is 6.67 Å². The van der Waals surface area contributed by atoms with Crippen molar-refractivity contribution in [3.63, 3.8) is 0 Å². The third kappa shape index (κ3) is 3.78. The Labute approximate surface area is 55.8 Å². The van der Waals surface area contributed by atoms with E-state index >= 15 is 0 Å². The van der Waals surface area contributed by atoms with Crippen molar-refractivity contribution < 1.29 is 4.39 Å². The number of alkyl halides is 1. The summed E-state index contributed by atoms with van der Waals surface area (Å²) in [7, 11) is 0. The van der Waals surface area contributed by atoms with E-state index in [0.29, 0.717) is 0 Å². The van der Waals surface area contributed by atoms with Gasteiger partial charge in [-0.3, -0.25) is 0 Å². The molecule has 0 heterocycles. The van der Waals surface area contributed by atoms with Crippen LogP contribution in [0, 0.1) is 18.3 Å². The first kappa shape index (κ1) is 8.23. The summed E-state index contributed by atoms with van der Waals surface area (Å²) >= 11 is 0. The van der Waals surface area contributed by atoms with Crippen LogP contribution in [0.5, 0.6) is 0 Å². The van der Waals surface area contributed by atoms with Crippen LogP contribution >= 0.6 is 0 Å². The van der Waals surface area contributed by atoms with E-state index in [2.05, 4.69) is 5.92 Å². The van der Waals surface area contributed by atoms with Crippen LogP contribution in [0.4, 0.5) is 4.39 Å². The third-order valence-electron chi connectivity index (χ3n) is 0.984. The largest absolute Gasteiger partial charge is 0.249 e. The SMILES string of the molecule is C#CC(/C=C\CC)CF. The summed E-state index contributed by atoms with van der Waals surface area (Å²) in [5.41, 5.74) is 0. The molecule has 0 N–H and O–H groups in total. The molecule has 0 fully saturated rings. The number of hydrogen-bond acceptors (Lipinski definition) is 0. The second-order valence-corrected chi connectivity index (χ2v) is 1.76. The molecule has 0 radical (unpaired) electrons. The minimum Gasteiger partial charge on any atom is -0.249 e. The second kappa shape index (κ2) is 5.37. The van der Waals surface area contributed by atoms with Gasteiger partial charge < -0.3 is 0 Å². The first-order valence-corrected chi connectivity index (χ1v) is 3.03. The van der Waals surface area contributed by atoms with Gasteiger partial charge in [-0.15, -0.1) is 6.42 Å². The van der Waals surface area contributed by atoms with Crippen molar-refractivity contribution >= 4 is 0 Å². The van der Waals surface area contributed by atoms with Gasteiger partial charge in [-0.05, 0) is 6.42 Å². The van der Waals surface area contributed by atoms with Gasteiger partial charge in [-0.25, -0.2) is 4.39 Å². The smallest absolute Gasteiger partial charge is 0.107 e. The lowest BCUT2D eigenvalue weighted by molar-refractivity contribution is 0.459. The zero-order valence-electron chi connectivity index (χ0n) is 5.60. The summed E-state index contributed by atoms with van der Waals surface area (Å²) < 4.78 is 11.8. The van der Waals surface area contributed by atoms with Gasteiger partial charge in [0.1, 0.15) is 6.67 Å². The zero-order chi connectivity index (χ0) is 7.11. The van der Waals surface area contributed by atoms with Gasteiger partial charge in [0, 0.05) is 0 Å². The predicted molar refractivity (Wildman–Crippen MR) is 37.7 cm³/mol. The van der Waals surface area contributed by atoms with Gasteiger partial charge in [0.05, 0.1) is 5.92 Å². The van der Waals surface area contributed by atoms with E-state index in [9.17, 15) is 4.39 Å². The van der Waals surface area contributed by atoms with Gasteiger partial charge in [-0.2, -0.15) is 0 Å². The second-order valence-electron chi connectivity index (χ2n) is 1.76. The molecule has 0 nitrogen and oxygen atoms in total. The van der Waals surface area contributed by atoms with E-state index in [1.54, 1.807) is 6.08 Å². The van der Waals surface area contributed by atoms with E-state index in [0.717, 1.165) is 6.42 Å². The molecule has 9 heavy (non-hydrogen) atoms. The standard InChI is InChI=1S/C8H11F/c1-3-5-6-8(4-2)7-9/h2,5-6,8H,3,7H2,1H3/b6-5-. The van der Waals surface area contributed by atoms with Crippen molar-refractivity contribution in [3.05, 3.63) is 12.2 Å². The molecule has 1 atom stereocenters. The number of terminal acetylenes is 1. The van der Waals surface area contributed by atoms with E-state index in [1.807, 2.05) is 13.0 Å². The molecule has 0 spiro atoms. The summed E-state index contributed by atoms with van der Waals surface area (Å²) in [6.07, 6.45) is 9.50. The Morgan fingerprint density at radius 2 is 2.44 bits per heavy atom. The van der Waals surface area contributed by atoms with Gasteiger partial charge in [0.25, 0.3) is 0 Å². The summed E-state index contributed by atoms with van der Waals surface area (Å²) in [5.74, 6) is 2.01. The van der Waals surface area contributed by atoms with E-state index in [1.165, 1.54) is 0 Å². The van der Waals surface area contributed by atoms with Crippen LogP contribution in [0.25, 0.3) is 0 Å². The highest BCUT2D eigenvalue weighted by Gasteiger charge is 1.94. The van der Waals surface area contributed by atoms with Crippen molar-refractivity contribution in [2.75, 3.05) is 6.67 Å². The normalized spacial score (nSPS) is 13.4. The molecule has 50 valence electrons. The predicted octanol–water partition coefficient (Wildman–Crippen LogP) is 2.17. The molecule has 0 aromatic heterocycles. The summed E-state index contributed by atoms with van der Waals surface area (Å²) in [6.45, 7) is 1.54. The molecule has 0 aliphatic heterocycles. The minimum atomic E-state index is -0.451. The zero-order valence-corrected chi connectivity index (χ0v) is 5.60. The lowest BCUT2D eigenvalue weighted by Crippen LogP contribution is -1.92. The number of allylic oxidation sites excluding steroid dienone is 2. The van der Waals surface area contributed by atoms with Crippen molar-refractivity contribution in [2.24, 2.45) is 5.92 Å². The molecule has 0 aliphatic rings. The Bertz CT molecular complexity index is 119. The molecule has 0 amide bonds. The van der Waals surface area contributed by atoms with Gasteiger partial charge in [0.2, 0.25) is 0 Å². The lowest BCUT2D eigenvalue weighted by Gasteiger charge is -1.93. The summed E-state index contributed by atoms with van der Waals surface area (Å²) in [6, 6.07) is 0. The molecular weight excluding hydrogens is 115 g/mol. The first-order chi connectivity index (χ1) is 4.35. The maximum absolute atomic E-state index is 11.8. The lowest BCUT2D eigenvalue weighted by atomic mass is 10.1. The fourth-order valence-electron chi connectivity index (χ4n) is 0.452. The van der Waals surface area contributed by atoms with Crippen LogP contribution in [0.15, 0.2) is 12.2 Å². The highest BCUT2D eigenvalue weighted by molar-refractivity contribution is 5.04. The van der Waals surface area contributed by atoms with E-state index in [4.69, 9.17) is 6.42 Å². The maximum Gasteiger partial charge on any atom is 0.107 e. The van der Waals surface area contributed by atoms with Crippen LogP contribution in [0.2, 0.25) is 0 Å². The quantitative estimate of drug-likeness (QED) is 0.401. The number of rotatable bonds is 3. The van der Waals surface area contributed by atoms with Crippen molar-refractivity contribution in [3.8, 4) is 12.3 Å². The molecular formula is C8H11F. The fourth-order valence-corrected chi connectivity index (χ4v) is 0.452. The number of halogens is 1. The van der Waals surface area contributed by atoms with Gasteiger partial charge in [0.15, 0.2) is 0 Å². The van der Waals surface area contributed by atoms with Gasteiger partial charge >= 0.3 is 0 Å². The number of hydrogen-bond donors (Lipinski definition) is 0. The van der Waals surface area contributed by atoms with Crippen LogP contribution in [0.1, 0.15) is 13.3 Å². The molecule has 1 heteroatoms. The Morgan fingerprint density at radius 3 is 2.78 bits per heavy atom. The maximum atomic E-state index is 11.8. The van der Waals surface area contributed by atoms with E-state index < -0.39 is 6.67 Å². The molecule has 0 saturated heterocycles. The van der Waals surface area contributed by atoms with E-state index in [-0.39, 0.29) is 5.92 Å². The summed E-state index contributed by atoms with van der Waals surface area (Å²) in [4.78, 5) is 0. The summed E-state index contributed by atoms with van der Waals surface area (Å²) in [5, 5.41) is 0. The van der Waals surface area contributed by atoms with Crippen LogP contribution < -0.4 is 0 Å². The molecule has 1 unspecified atom stereocenters. The van der Waals surface area contributed by atoms with Crippen molar-refractivity contribution in [2.45, 2.75) is 13.3 Å². The van der Waals surface area contributed by atoms with Crippen LogP contribution in [-0.2, 0) is 0 Å². The van der Waals surface area contributed by atoms with Crippen molar-refractivity contribution in [1.29, 1.82) is 0 Å². The monoisotopic (exact) mass is 126 g/mol. The highest BCUT2D eigenvalue weighted by Crippen LogP contribution is 1.97. The minimum absolute atomic E-state index is 0.315. The van der Waals surface area contributed by atoms with Gasteiger partial charge in [-0.1, -0.05) is 25.0 Å². The van der Waals surface area contributed by atoms with Crippen LogP contribution in [0.3, 0.4) is 0 Å². The average molecular weight is 126 g/mol. The average Bonchev–Trinajstić information content (AvgIpc) is 1.91. The molecule has 0 aromatic carbocycles. The molecule has 0 bridgehead atoms. The molecule has 0 aromatic rings.